The Morgan fingerprint density at radius 1 is 1.47 bits per heavy atom. The lowest BCUT2D eigenvalue weighted by molar-refractivity contribution is -0.134. The highest BCUT2D eigenvalue weighted by atomic mass is 16.6. The molecular formula is C14H23NO4. The van der Waals surface area contributed by atoms with Crippen molar-refractivity contribution in [3.8, 4) is 0 Å². The van der Waals surface area contributed by atoms with Gasteiger partial charge in [-0.05, 0) is 27.7 Å². The summed E-state index contributed by atoms with van der Waals surface area (Å²) in [4.78, 5) is 25.2. The smallest absolute Gasteiger partial charge is 0.410 e. The van der Waals surface area contributed by atoms with Gasteiger partial charge in [0.2, 0.25) is 0 Å². The minimum absolute atomic E-state index is 0.0457. The van der Waals surface area contributed by atoms with Crippen LogP contribution in [0.15, 0.2) is 12.2 Å². The van der Waals surface area contributed by atoms with Crippen LogP contribution in [0.25, 0.3) is 0 Å². The summed E-state index contributed by atoms with van der Waals surface area (Å²) in [5, 5.41) is 0. The monoisotopic (exact) mass is 269 g/mol. The average Bonchev–Trinajstić information content (AvgIpc) is 2.29. The Morgan fingerprint density at radius 3 is 2.74 bits per heavy atom. The van der Waals surface area contributed by atoms with Crippen LogP contribution in [-0.4, -0.2) is 48.2 Å². The average molecular weight is 269 g/mol. The molecular weight excluding hydrogens is 246 g/mol. The summed E-state index contributed by atoms with van der Waals surface area (Å²) in [6.45, 7) is 8.40. The van der Waals surface area contributed by atoms with Crippen molar-refractivity contribution in [3.05, 3.63) is 12.2 Å². The van der Waals surface area contributed by atoms with E-state index in [0.29, 0.717) is 19.6 Å². The Labute approximate surface area is 114 Å². The standard InChI is InChI=1S/C14H23NO4/c1-5-6-9-18-12-10-15(8-7-11(12)16)13(17)19-14(2,3)4/h5-6,12H,7-10H2,1-4H3/b6-5+. The lowest BCUT2D eigenvalue weighted by Crippen LogP contribution is -2.49. The summed E-state index contributed by atoms with van der Waals surface area (Å²) in [5.41, 5.74) is -0.528. The van der Waals surface area contributed by atoms with Crippen molar-refractivity contribution in [2.45, 2.75) is 45.8 Å². The largest absolute Gasteiger partial charge is 0.444 e. The van der Waals surface area contributed by atoms with Gasteiger partial charge in [-0.15, -0.1) is 0 Å². The van der Waals surface area contributed by atoms with Gasteiger partial charge in [-0.25, -0.2) is 4.79 Å². The Bertz CT molecular complexity index is 357. The summed E-state index contributed by atoms with van der Waals surface area (Å²) in [6.07, 6.45) is 3.08. The van der Waals surface area contributed by atoms with Crippen LogP contribution >= 0.6 is 0 Å². The van der Waals surface area contributed by atoms with Crippen molar-refractivity contribution in [1.82, 2.24) is 4.90 Å². The molecule has 5 nitrogen and oxygen atoms in total. The highest BCUT2D eigenvalue weighted by Gasteiger charge is 2.32. The normalized spacial score (nSPS) is 20.9. The molecule has 0 aromatic carbocycles. The molecule has 1 amide bonds. The van der Waals surface area contributed by atoms with E-state index in [1.807, 2.05) is 39.8 Å². The van der Waals surface area contributed by atoms with Crippen LogP contribution < -0.4 is 0 Å². The van der Waals surface area contributed by atoms with Crippen molar-refractivity contribution in [3.63, 3.8) is 0 Å². The maximum Gasteiger partial charge on any atom is 0.410 e. The van der Waals surface area contributed by atoms with Gasteiger partial charge in [-0.3, -0.25) is 4.79 Å². The highest BCUT2D eigenvalue weighted by molar-refractivity contribution is 5.86. The van der Waals surface area contributed by atoms with E-state index in [1.165, 1.54) is 4.90 Å². The van der Waals surface area contributed by atoms with Crippen LogP contribution in [0, 0.1) is 0 Å². The maximum absolute atomic E-state index is 11.9. The molecule has 1 unspecified atom stereocenters. The van der Waals surface area contributed by atoms with Crippen LogP contribution in [0.5, 0.6) is 0 Å². The Morgan fingerprint density at radius 2 is 2.16 bits per heavy atom. The van der Waals surface area contributed by atoms with Gasteiger partial charge in [-0.1, -0.05) is 12.2 Å². The third kappa shape index (κ3) is 5.42. The van der Waals surface area contributed by atoms with Crippen LogP contribution in [-0.2, 0) is 14.3 Å². The number of amides is 1. The number of Topliss-reactive ketones (excluding diaryl/α,β-unsaturated/α-hetero) is 1. The highest BCUT2D eigenvalue weighted by Crippen LogP contribution is 2.15. The Balaban J connectivity index is 2.53. The van der Waals surface area contributed by atoms with Crippen LogP contribution in [0.4, 0.5) is 4.79 Å². The predicted molar refractivity (Wildman–Crippen MR) is 72.0 cm³/mol. The maximum atomic E-state index is 11.9. The van der Waals surface area contributed by atoms with Crippen LogP contribution in [0.1, 0.15) is 34.1 Å². The lowest BCUT2D eigenvalue weighted by atomic mass is 10.1. The van der Waals surface area contributed by atoms with Crippen molar-refractivity contribution >= 4 is 11.9 Å². The minimum atomic E-state index is -0.544. The van der Waals surface area contributed by atoms with Gasteiger partial charge in [0.05, 0.1) is 13.2 Å². The first kappa shape index (κ1) is 15.7. The molecule has 19 heavy (non-hydrogen) atoms. The summed E-state index contributed by atoms with van der Waals surface area (Å²) >= 11 is 0. The molecule has 0 radical (unpaired) electrons. The first-order valence-corrected chi connectivity index (χ1v) is 6.57. The summed E-state index contributed by atoms with van der Waals surface area (Å²) in [7, 11) is 0. The third-order valence-electron chi connectivity index (χ3n) is 2.65. The molecule has 1 saturated heterocycles. The predicted octanol–water partition coefficient (Wildman–Crippen LogP) is 2.16. The topological polar surface area (TPSA) is 55.8 Å². The van der Waals surface area contributed by atoms with Gasteiger partial charge in [0, 0.05) is 13.0 Å². The molecule has 0 aromatic heterocycles. The number of ketones is 1. The quantitative estimate of drug-likeness (QED) is 0.737. The van der Waals surface area contributed by atoms with Crippen LogP contribution in [0.2, 0.25) is 0 Å². The molecule has 1 atom stereocenters. The van der Waals surface area contributed by atoms with E-state index in [4.69, 9.17) is 9.47 Å². The number of allylic oxidation sites excluding steroid dienone is 1. The van der Waals surface area contributed by atoms with E-state index in [2.05, 4.69) is 0 Å². The van der Waals surface area contributed by atoms with Gasteiger partial charge in [-0.2, -0.15) is 0 Å². The first-order chi connectivity index (χ1) is 8.83. The van der Waals surface area contributed by atoms with Crippen molar-refractivity contribution in [1.29, 1.82) is 0 Å². The number of hydrogen-bond acceptors (Lipinski definition) is 4. The molecule has 1 aliphatic heterocycles. The van der Waals surface area contributed by atoms with Gasteiger partial charge in [0.25, 0.3) is 0 Å². The molecule has 5 heteroatoms. The number of piperidine rings is 1. The van der Waals surface area contributed by atoms with Crippen molar-refractivity contribution in [2.24, 2.45) is 0 Å². The fraction of sp³-hybridized carbons (Fsp3) is 0.714. The zero-order chi connectivity index (χ0) is 14.5. The molecule has 1 rings (SSSR count). The summed E-state index contributed by atoms with van der Waals surface area (Å²) in [6, 6.07) is 0. The molecule has 0 saturated carbocycles. The number of ether oxygens (including phenoxy) is 2. The number of nitrogens with zero attached hydrogens (tertiary/aromatic N) is 1. The van der Waals surface area contributed by atoms with Crippen molar-refractivity contribution in [2.75, 3.05) is 19.7 Å². The van der Waals surface area contributed by atoms with Gasteiger partial charge >= 0.3 is 6.09 Å². The summed E-state index contributed by atoms with van der Waals surface area (Å²) < 4.78 is 10.8. The number of likely N-dealkylation sites (tertiary alicyclic amines) is 1. The zero-order valence-corrected chi connectivity index (χ0v) is 12.1. The van der Waals surface area contributed by atoms with E-state index >= 15 is 0 Å². The molecule has 0 spiro atoms. The molecule has 108 valence electrons. The molecule has 1 fully saturated rings. The fourth-order valence-electron chi connectivity index (χ4n) is 1.71. The fourth-order valence-corrected chi connectivity index (χ4v) is 1.71. The molecule has 0 bridgehead atoms. The number of carbonyl (C=O) groups excluding carboxylic acids is 2. The number of carbonyl (C=O) groups is 2. The Hall–Kier alpha value is -1.36. The molecule has 0 aliphatic carbocycles. The second-order valence-electron chi connectivity index (χ2n) is 5.53. The second kappa shape index (κ2) is 6.70. The summed E-state index contributed by atoms with van der Waals surface area (Å²) in [5.74, 6) is 0.0457. The lowest BCUT2D eigenvalue weighted by Gasteiger charge is -2.33. The molecule has 1 aliphatic rings. The molecule has 0 aromatic rings. The second-order valence-corrected chi connectivity index (χ2v) is 5.53. The van der Waals surface area contributed by atoms with E-state index in [9.17, 15) is 9.59 Å². The van der Waals surface area contributed by atoms with Crippen LogP contribution in [0.3, 0.4) is 0 Å². The van der Waals surface area contributed by atoms with Gasteiger partial charge in [0.15, 0.2) is 5.78 Å². The van der Waals surface area contributed by atoms with Crippen molar-refractivity contribution < 1.29 is 19.1 Å². The van der Waals surface area contributed by atoms with Gasteiger partial charge < -0.3 is 14.4 Å². The third-order valence-corrected chi connectivity index (χ3v) is 2.65. The van der Waals surface area contributed by atoms with E-state index in [-0.39, 0.29) is 18.4 Å². The Kier molecular flexibility index (Phi) is 5.54. The number of hydrogen-bond donors (Lipinski definition) is 0. The van der Waals surface area contributed by atoms with E-state index in [0.717, 1.165) is 0 Å². The first-order valence-electron chi connectivity index (χ1n) is 6.57. The zero-order valence-electron chi connectivity index (χ0n) is 12.1. The number of rotatable bonds is 3. The van der Waals surface area contributed by atoms with E-state index < -0.39 is 11.7 Å². The molecule has 1 heterocycles. The van der Waals surface area contributed by atoms with E-state index in [1.54, 1.807) is 0 Å². The minimum Gasteiger partial charge on any atom is -0.444 e. The molecule has 0 N–H and O–H groups in total. The van der Waals surface area contributed by atoms with Gasteiger partial charge in [0.1, 0.15) is 11.7 Å². The SMILES string of the molecule is C/C=C/COC1CN(C(=O)OC(C)(C)C)CCC1=O.